The topological polar surface area (TPSA) is 67.9 Å². The Hall–Kier alpha value is -1.74. The number of thiophene rings is 1. The quantitative estimate of drug-likeness (QED) is 0.453. The highest BCUT2D eigenvalue weighted by atomic mass is 35.5. The number of benzene rings is 1. The average Bonchev–Trinajstić information content (AvgIpc) is 3.10. The summed E-state index contributed by atoms with van der Waals surface area (Å²) in [4.78, 5) is 29.4. The number of rotatable bonds is 8. The van der Waals surface area contributed by atoms with E-state index in [1.54, 1.807) is 18.9 Å². The van der Waals surface area contributed by atoms with E-state index in [0.717, 1.165) is 47.1 Å². The summed E-state index contributed by atoms with van der Waals surface area (Å²) in [6.45, 7) is 4.82. The highest BCUT2D eigenvalue weighted by molar-refractivity contribution is 7.99. The van der Waals surface area contributed by atoms with Gasteiger partial charge < -0.3 is 14.8 Å². The first-order valence-corrected chi connectivity index (χ1v) is 11.4. The van der Waals surface area contributed by atoms with Crippen LogP contribution < -0.4 is 10.1 Å². The van der Waals surface area contributed by atoms with Gasteiger partial charge in [0.15, 0.2) is 0 Å². The maximum absolute atomic E-state index is 12.5. The van der Waals surface area contributed by atoms with Gasteiger partial charge >= 0.3 is 5.97 Å². The van der Waals surface area contributed by atoms with E-state index in [1.165, 1.54) is 18.4 Å². The standard InChI is InChI=1S/C21H26N2O4S2.ClH/c1-4-23-11-9-16-17(13-23)29-20(19(16)21(25)27-3)22-18(24)10-12-28-15-7-5-14(26-2)6-8-15;/h5-8H,4,9-13H2,1-3H3,(H,22,24);1H. The van der Waals surface area contributed by atoms with Gasteiger partial charge in [-0.1, -0.05) is 6.92 Å². The summed E-state index contributed by atoms with van der Waals surface area (Å²) in [5, 5.41) is 3.56. The van der Waals surface area contributed by atoms with Gasteiger partial charge in [0.1, 0.15) is 10.8 Å². The molecule has 30 heavy (non-hydrogen) atoms. The van der Waals surface area contributed by atoms with Crippen molar-refractivity contribution in [3.8, 4) is 5.75 Å². The lowest BCUT2D eigenvalue weighted by Crippen LogP contribution is -2.29. The number of nitrogens with zero attached hydrogens (tertiary/aromatic N) is 1. The maximum Gasteiger partial charge on any atom is 0.341 e. The molecule has 0 bridgehead atoms. The molecule has 164 valence electrons. The largest absolute Gasteiger partial charge is 0.497 e. The Bertz CT molecular complexity index is 871. The fraction of sp³-hybridized carbons (Fsp3) is 0.429. The first-order valence-electron chi connectivity index (χ1n) is 9.57. The van der Waals surface area contributed by atoms with Crippen molar-refractivity contribution in [2.24, 2.45) is 0 Å². The van der Waals surface area contributed by atoms with Crippen LogP contribution in [0.2, 0.25) is 0 Å². The second kappa shape index (κ2) is 11.6. The highest BCUT2D eigenvalue weighted by Gasteiger charge is 2.28. The minimum Gasteiger partial charge on any atom is -0.497 e. The fourth-order valence-corrected chi connectivity index (χ4v) is 5.40. The molecule has 1 aromatic carbocycles. The number of carbonyl (C=O) groups excluding carboxylic acids is 2. The smallest absolute Gasteiger partial charge is 0.341 e. The van der Waals surface area contributed by atoms with E-state index in [2.05, 4.69) is 17.1 Å². The van der Waals surface area contributed by atoms with Gasteiger partial charge in [-0.05, 0) is 42.8 Å². The molecule has 1 amide bonds. The van der Waals surface area contributed by atoms with E-state index in [9.17, 15) is 9.59 Å². The maximum atomic E-state index is 12.5. The number of esters is 1. The van der Waals surface area contributed by atoms with Gasteiger partial charge in [0.2, 0.25) is 5.91 Å². The molecule has 3 rings (SSSR count). The van der Waals surface area contributed by atoms with Gasteiger partial charge in [0.25, 0.3) is 0 Å². The molecule has 1 N–H and O–H groups in total. The Balaban J connectivity index is 0.00000320. The summed E-state index contributed by atoms with van der Waals surface area (Å²) in [6.07, 6.45) is 1.16. The van der Waals surface area contributed by atoms with E-state index in [0.29, 0.717) is 22.7 Å². The molecular formula is C21H27ClN2O4S2. The van der Waals surface area contributed by atoms with E-state index >= 15 is 0 Å². The number of likely N-dealkylation sites (N-methyl/N-ethyl adjacent to an activating group) is 1. The second-order valence-electron chi connectivity index (χ2n) is 6.64. The van der Waals surface area contributed by atoms with Crippen LogP contribution in [0.5, 0.6) is 5.75 Å². The lowest BCUT2D eigenvalue weighted by atomic mass is 10.0. The predicted octanol–water partition coefficient (Wildman–Crippen LogP) is 4.46. The van der Waals surface area contributed by atoms with Gasteiger partial charge in [-0.3, -0.25) is 9.69 Å². The van der Waals surface area contributed by atoms with Crippen molar-refractivity contribution >= 4 is 52.4 Å². The third-order valence-electron chi connectivity index (χ3n) is 4.88. The number of fused-ring (bicyclic) bond motifs is 1. The molecule has 2 aromatic rings. The van der Waals surface area contributed by atoms with Gasteiger partial charge in [-0.15, -0.1) is 35.5 Å². The first kappa shape index (κ1) is 24.5. The molecular weight excluding hydrogens is 444 g/mol. The van der Waals surface area contributed by atoms with Gasteiger partial charge in [0, 0.05) is 35.0 Å². The number of halogens is 1. The van der Waals surface area contributed by atoms with Crippen molar-refractivity contribution in [2.75, 3.05) is 38.4 Å². The number of ether oxygens (including phenoxy) is 2. The molecule has 0 spiro atoms. The fourth-order valence-electron chi connectivity index (χ4n) is 3.26. The molecule has 0 aliphatic carbocycles. The molecule has 0 saturated carbocycles. The molecule has 6 nitrogen and oxygen atoms in total. The summed E-state index contributed by atoms with van der Waals surface area (Å²) >= 11 is 3.10. The first-order chi connectivity index (χ1) is 14.0. The zero-order valence-electron chi connectivity index (χ0n) is 17.4. The van der Waals surface area contributed by atoms with Crippen LogP contribution in [-0.4, -0.2) is 49.8 Å². The summed E-state index contributed by atoms with van der Waals surface area (Å²) < 4.78 is 10.1. The Morgan fingerprint density at radius 3 is 2.60 bits per heavy atom. The van der Waals surface area contributed by atoms with E-state index in [-0.39, 0.29) is 24.3 Å². The molecule has 1 aliphatic heterocycles. The number of amides is 1. The summed E-state index contributed by atoms with van der Waals surface area (Å²) in [6, 6.07) is 7.76. The van der Waals surface area contributed by atoms with E-state index < -0.39 is 0 Å². The SMILES string of the molecule is CCN1CCc2c(sc(NC(=O)CCSc3ccc(OC)cc3)c2C(=O)OC)C1.Cl. The number of hydrogen-bond donors (Lipinski definition) is 1. The average molecular weight is 471 g/mol. The third-order valence-corrected chi connectivity index (χ3v) is 7.03. The number of anilines is 1. The Kier molecular flexibility index (Phi) is 9.48. The number of thioether (sulfide) groups is 1. The van der Waals surface area contributed by atoms with Crippen LogP contribution in [0.25, 0.3) is 0 Å². The number of carbonyl (C=O) groups is 2. The normalized spacial score (nSPS) is 13.2. The zero-order chi connectivity index (χ0) is 20.8. The number of nitrogens with one attached hydrogen (secondary N) is 1. The van der Waals surface area contributed by atoms with Gasteiger partial charge in [0.05, 0.1) is 19.8 Å². The molecule has 1 aromatic heterocycles. The summed E-state index contributed by atoms with van der Waals surface area (Å²) in [5.41, 5.74) is 1.55. The molecule has 1 aliphatic rings. The molecule has 0 atom stereocenters. The highest BCUT2D eigenvalue weighted by Crippen LogP contribution is 2.37. The minimum atomic E-state index is -0.379. The lowest BCUT2D eigenvalue weighted by molar-refractivity contribution is -0.115. The molecule has 0 unspecified atom stereocenters. The van der Waals surface area contributed by atoms with Crippen molar-refractivity contribution in [1.29, 1.82) is 0 Å². The number of hydrogen-bond acceptors (Lipinski definition) is 7. The van der Waals surface area contributed by atoms with Crippen molar-refractivity contribution in [3.63, 3.8) is 0 Å². The van der Waals surface area contributed by atoms with Crippen molar-refractivity contribution in [3.05, 3.63) is 40.3 Å². The van der Waals surface area contributed by atoms with Crippen molar-refractivity contribution < 1.29 is 19.1 Å². The van der Waals surface area contributed by atoms with Crippen LogP contribution in [0.1, 0.15) is 34.1 Å². The number of methoxy groups -OCH3 is 2. The van der Waals surface area contributed by atoms with E-state index in [4.69, 9.17) is 9.47 Å². The zero-order valence-corrected chi connectivity index (χ0v) is 19.8. The van der Waals surface area contributed by atoms with Crippen LogP contribution in [0.4, 0.5) is 5.00 Å². The van der Waals surface area contributed by atoms with Crippen LogP contribution in [0.3, 0.4) is 0 Å². The van der Waals surface area contributed by atoms with Crippen LogP contribution in [0, 0.1) is 0 Å². The second-order valence-corrected chi connectivity index (χ2v) is 8.91. The van der Waals surface area contributed by atoms with Crippen LogP contribution in [0.15, 0.2) is 29.2 Å². The van der Waals surface area contributed by atoms with Crippen molar-refractivity contribution in [1.82, 2.24) is 4.90 Å². The molecule has 0 radical (unpaired) electrons. The Labute approximate surface area is 191 Å². The summed E-state index contributed by atoms with van der Waals surface area (Å²) in [7, 11) is 3.02. The Morgan fingerprint density at radius 1 is 1.23 bits per heavy atom. The van der Waals surface area contributed by atoms with Gasteiger partial charge in [-0.2, -0.15) is 0 Å². The van der Waals surface area contributed by atoms with Crippen LogP contribution >= 0.6 is 35.5 Å². The molecule has 0 saturated heterocycles. The van der Waals surface area contributed by atoms with E-state index in [1.807, 2.05) is 24.3 Å². The predicted molar refractivity (Wildman–Crippen MR) is 125 cm³/mol. The van der Waals surface area contributed by atoms with Crippen LogP contribution in [-0.2, 0) is 22.5 Å². The Morgan fingerprint density at radius 2 is 1.97 bits per heavy atom. The molecule has 0 fully saturated rings. The van der Waals surface area contributed by atoms with Gasteiger partial charge in [-0.25, -0.2) is 4.79 Å². The molecule has 9 heteroatoms. The minimum absolute atomic E-state index is 0. The monoisotopic (exact) mass is 470 g/mol. The summed E-state index contributed by atoms with van der Waals surface area (Å²) in [5.74, 6) is 0.989. The third kappa shape index (κ3) is 5.91. The molecule has 2 heterocycles. The lowest BCUT2D eigenvalue weighted by Gasteiger charge is -2.25. The van der Waals surface area contributed by atoms with Crippen molar-refractivity contribution in [2.45, 2.75) is 31.2 Å².